The molecule has 168 valence electrons. The second-order valence-corrected chi connectivity index (χ2v) is 8.45. The zero-order chi connectivity index (χ0) is 21.9. The van der Waals surface area contributed by atoms with Crippen LogP contribution in [0.1, 0.15) is 30.2 Å². The molecule has 3 rings (SSSR count). The number of hydrogen-bond acceptors (Lipinski definition) is 3. The lowest BCUT2D eigenvalue weighted by atomic mass is 10.1. The van der Waals surface area contributed by atoms with E-state index in [1.807, 2.05) is 30.3 Å². The molecule has 1 aliphatic rings. The van der Waals surface area contributed by atoms with Crippen LogP contribution in [0, 0.1) is 13.8 Å². The van der Waals surface area contributed by atoms with Crippen LogP contribution in [0.4, 0.5) is 0 Å². The van der Waals surface area contributed by atoms with Gasteiger partial charge in [-0.15, -0.1) is 0 Å². The number of aromatic nitrogens is 1. The molecule has 31 heavy (non-hydrogen) atoms. The molecule has 1 saturated heterocycles. The van der Waals surface area contributed by atoms with E-state index in [2.05, 4.69) is 65.6 Å². The Morgan fingerprint density at radius 3 is 2.13 bits per heavy atom. The topological polar surface area (TPSA) is 20.6 Å². The Labute approximate surface area is 188 Å². The highest BCUT2D eigenvalue weighted by Gasteiger charge is 2.16. The summed E-state index contributed by atoms with van der Waals surface area (Å²) < 4.78 is 8.30. The van der Waals surface area contributed by atoms with Crippen LogP contribution in [-0.2, 0) is 13.0 Å². The van der Waals surface area contributed by atoms with Gasteiger partial charge < -0.3 is 14.2 Å². The Balaban J connectivity index is 1.43. The molecule has 0 amide bonds. The molecule has 4 nitrogen and oxygen atoms in total. The van der Waals surface area contributed by atoms with Gasteiger partial charge in [-0.2, -0.15) is 0 Å². The lowest BCUT2D eigenvalue weighted by Gasteiger charge is -2.34. The predicted molar refractivity (Wildman–Crippen MR) is 130 cm³/mol. The SMILES string of the molecule is CCc1ccccc(C)cn(CCCN2CCN(CCOc3ccccc3)CC2)c1C. The Morgan fingerprint density at radius 1 is 0.774 bits per heavy atom. The van der Waals surface area contributed by atoms with E-state index in [0.717, 1.165) is 64.6 Å². The number of aryl methyl sites for hydroxylation is 3. The predicted octanol–water partition coefficient (Wildman–Crippen LogP) is 4.88. The summed E-state index contributed by atoms with van der Waals surface area (Å²) in [4.78, 5) is 5.13. The number of rotatable bonds is 9. The average molecular weight is 422 g/mol. The molecule has 0 bridgehead atoms. The van der Waals surface area contributed by atoms with Gasteiger partial charge in [-0.3, -0.25) is 4.90 Å². The summed E-state index contributed by atoms with van der Waals surface area (Å²) in [6, 6.07) is 18.9. The Bertz CT molecular complexity index is 837. The van der Waals surface area contributed by atoms with Crippen LogP contribution in [0.25, 0.3) is 0 Å². The maximum Gasteiger partial charge on any atom is 0.119 e. The van der Waals surface area contributed by atoms with Gasteiger partial charge in [0.15, 0.2) is 0 Å². The van der Waals surface area contributed by atoms with Gasteiger partial charge in [0.25, 0.3) is 0 Å². The van der Waals surface area contributed by atoms with E-state index in [4.69, 9.17) is 4.74 Å². The normalized spacial score (nSPS) is 14.9. The van der Waals surface area contributed by atoms with Crippen molar-refractivity contribution >= 4 is 0 Å². The summed E-state index contributed by atoms with van der Waals surface area (Å²) in [5, 5.41) is 0. The van der Waals surface area contributed by atoms with Crippen molar-refractivity contribution < 1.29 is 4.74 Å². The van der Waals surface area contributed by atoms with Gasteiger partial charge in [0.1, 0.15) is 12.4 Å². The van der Waals surface area contributed by atoms with Crippen molar-refractivity contribution in [2.45, 2.75) is 40.2 Å². The first kappa shape index (κ1) is 23.4. The fourth-order valence-corrected chi connectivity index (χ4v) is 4.19. The van der Waals surface area contributed by atoms with Crippen molar-refractivity contribution in [2.75, 3.05) is 45.9 Å². The first-order valence-electron chi connectivity index (χ1n) is 11.8. The molecule has 1 aromatic heterocycles. The van der Waals surface area contributed by atoms with E-state index in [-0.39, 0.29) is 0 Å². The van der Waals surface area contributed by atoms with Gasteiger partial charge in [-0.25, -0.2) is 0 Å². The summed E-state index contributed by atoms with van der Waals surface area (Å²) in [5.41, 5.74) is 4.10. The zero-order valence-electron chi connectivity index (χ0n) is 19.6. The van der Waals surface area contributed by atoms with Gasteiger partial charge in [0.2, 0.25) is 0 Å². The van der Waals surface area contributed by atoms with Crippen LogP contribution < -0.4 is 4.74 Å². The maximum absolute atomic E-state index is 5.85. The maximum atomic E-state index is 5.85. The van der Waals surface area contributed by atoms with Gasteiger partial charge in [0, 0.05) is 51.2 Å². The second kappa shape index (κ2) is 12.5. The summed E-state index contributed by atoms with van der Waals surface area (Å²) >= 11 is 0. The molecule has 0 atom stereocenters. The van der Waals surface area contributed by atoms with Gasteiger partial charge in [-0.05, 0) is 56.5 Å². The number of piperazine rings is 1. The molecule has 0 spiro atoms. The van der Waals surface area contributed by atoms with E-state index in [1.54, 1.807) is 0 Å². The van der Waals surface area contributed by atoms with Crippen LogP contribution in [0.15, 0.2) is 60.8 Å². The molecule has 2 heterocycles. The molecular formula is C27H39N3O. The van der Waals surface area contributed by atoms with Gasteiger partial charge in [-0.1, -0.05) is 49.4 Å². The van der Waals surface area contributed by atoms with E-state index < -0.39 is 0 Å². The Hall–Kier alpha value is -2.30. The number of nitrogens with zero attached hydrogens (tertiary/aromatic N) is 3. The highest BCUT2D eigenvalue weighted by atomic mass is 16.5. The number of benzene rings is 1. The largest absolute Gasteiger partial charge is 0.492 e. The van der Waals surface area contributed by atoms with E-state index in [9.17, 15) is 0 Å². The van der Waals surface area contributed by atoms with E-state index >= 15 is 0 Å². The third-order valence-corrected chi connectivity index (χ3v) is 6.16. The third-order valence-electron chi connectivity index (χ3n) is 6.16. The van der Waals surface area contributed by atoms with Crippen LogP contribution in [0.5, 0.6) is 5.75 Å². The van der Waals surface area contributed by atoms with Crippen LogP contribution >= 0.6 is 0 Å². The lowest BCUT2D eigenvalue weighted by molar-refractivity contribution is 0.115. The minimum absolute atomic E-state index is 0.763. The van der Waals surface area contributed by atoms with Crippen molar-refractivity contribution in [3.05, 3.63) is 77.6 Å². The van der Waals surface area contributed by atoms with Crippen LogP contribution in [0.2, 0.25) is 0 Å². The molecule has 2 aromatic rings. The third kappa shape index (κ3) is 7.71. The first-order valence-corrected chi connectivity index (χ1v) is 11.8. The quantitative estimate of drug-likeness (QED) is 0.576. The number of ether oxygens (including phenoxy) is 1. The standard InChI is InChI=1S/C27H39N3O/c1-4-26-12-9-8-11-24(2)23-30(25(26)3)16-10-15-28-17-19-29(20-18-28)21-22-31-27-13-6-5-7-14-27/h5-9,11-14,23H,4,10,15-22H2,1-3H3. The summed E-state index contributed by atoms with van der Waals surface area (Å²) in [7, 11) is 0. The van der Waals surface area contributed by atoms with Crippen molar-refractivity contribution in [1.29, 1.82) is 0 Å². The molecular weight excluding hydrogens is 382 g/mol. The molecule has 0 aliphatic carbocycles. The highest BCUT2D eigenvalue weighted by Crippen LogP contribution is 2.11. The highest BCUT2D eigenvalue weighted by molar-refractivity contribution is 5.21. The van der Waals surface area contributed by atoms with Crippen molar-refractivity contribution in [3.8, 4) is 5.75 Å². The molecule has 1 aliphatic heterocycles. The molecule has 0 unspecified atom stereocenters. The molecule has 0 N–H and O–H groups in total. The fourth-order valence-electron chi connectivity index (χ4n) is 4.19. The zero-order valence-corrected chi connectivity index (χ0v) is 19.6. The minimum Gasteiger partial charge on any atom is -0.492 e. The van der Waals surface area contributed by atoms with Crippen LogP contribution in [0.3, 0.4) is 0 Å². The average Bonchev–Trinajstić information content (AvgIpc) is 2.85. The Kier molecular flexibility index (Phi) is 9.44. The summed E-state index contributed by atoms with van der Waals surface area (Å²) in [5.74, 6) is 0.965. The smallest absolute Gasteiger partial charge is 0.119 e. The van der Waals surface area contributed by atoms with Gasteiger partial charge >= 0.3 is 0 Å². The van der Waals surface area contributed by atoms with Crippen molar-refractivity contribution in [1.82, 2.24) is 14.4 Å². The summed E-state index contributed by atoms with van der Waals surface area (Å²) in [6.07, 6.45) is 4.55. The minimum atomic E-state index is 0.763. The molecule has 4 heteroatoms. The molecule has 0 saturated carbocycles. The first-order chi connectivity index (χ1) is 15.2. The second-order valence-electron chi connectivity index (χ2n) is 8.45. The summed E-state index contributed by atoms with van der Waals surface area (Å²) in [6.45, 7) is 15.3. The monoisotopic (exact) mass is 421 g/mol. The molecule has 1 fully saturated rings. The van der Waals surface area contributed by atoms with E-state index in [1.165, 1.54) is 23.2 Å². The molecule has 1 aromatic carbocycles. The Morgan fingerprint density at radius 2 is 1.42 bits per heavy atom. The molecule has 0 radical (unpaired) electrons. The van der Waals surface area contributed by atoms with Crippen LogP contribution in [-0.4, -0.2) is 60.2 Å². The lowest BCUT2D eigenvalue weighted by Crippen LogP contribution is -2.47. The van der Waals surface area contributed by atoms with Crippen molar-refractivity contribution in [3.63, 3.8) is 0 Å². The number of hydrogen-bond donors (Lipinski definition) is 0. The van der Waals surface area contributed by atoms with Crippen molar-refractivity contribution in [2.24, 2.45) is 0 Å². The fraction of sp³-hybridized carbons (Fsp3) is 0.481. The van der Waals surface area contributed by atoms with Gasteiger partial charge in [0.05, 0.1) is 0 Å². The number of para-hydroxylation sites is 1. The van der Waals surface area contributed by atoms with E-state index in [0.29, 0.717) is 0 Å².